The van der Waals surface area contributed by atoms with Gasteiger partial charge in [-0.3, -0.25) is 4.79 Å². The number of nitrogens with one attached hydrogen (secondary N) is 1. The lowest BCUT2D eigenvalue weighted by Gasteiger charge is -2.28. The molecule has 0 spiro atoms. The zero-order valence-corrected chi connectivity index (χ0v) is 11.5. The molecule has 1 aromatic heterocycles. The number of aliphatic hydroxyl groups excluding tert-OH is 1. The second kappa shape index (κ2) is 6.71. The van der Waals surface area contributed by atoms with Gasteiger partial charge in [0.25, 0.3) is 5.91 Å². The predicted molar refractivity (Wildman–Crippen MR) is 76.0 cm³/mol. The van der Waals surface area contributed by atoms with E-state index in [4.69, 9.17) is 5.73 Å². The van der Waals surface area contributed by atoms with Crippen molar-refractivity contribution in [2.24, 2.45) is 5.73 Å². The van der Waals surface area contributed by atoms with Crippen LogP contribution in [0, 0.1) is 11.8 Å². The minimum Gasteiger partial charge on any atom is -0.391 e. The van der Waals surface area contributed by atoms with Crippen LogP contribution in [0.15, 0.2) is 12.1 Å². The molecular weight excluding hydrogens is 260 g/mol. The largest absolute Gasteiger partial charge is 0.391 e. The van der Waals surface area contributed by atoms with Crippen molar-refractivity contribution >= 4 is 17.2 Å². The summed E-state index contributed by atoms with van der Waals surface area (Å²) in [5, 5.41) is 12.7. The maximum atomic E-state index is 12.1. The van der Waals surface area contributed by atoms with Gasteiger partial charge in [0.2, 0.25) is 0 Å². The van der Waals surface area contributed by atoms with Crippen LogP contribution < -0.4 is 11.1 Å². The Bertz CT molecular complexity index is 501. The summed E-state index contributed by atoms with van der Waals surface area (Å²) in [6.07, 6.45) is 3.28. The summed E-state index contributed by atoms with van der Waals surface area (Å²) in [6, 6.07) is 3.46. The minimum atomic E-state index is -0.422. The molecule has 0 bridgehead atoms. The number of amides is 1. The highest BCUT2D eigenvalue weighted by Gasteiger charge is 2.25. The third kappa shape index (κ3) is 3.80. The number of thiophene rings is 1. The molecule has 19 heavy (non-hydrogen) atoms. The normalized spacial score (nSPS) is 22.4. The van der Waals surface area contributed by atoms with Gasteiger partial charge in [0.15, 0.2) is 0 Å². The van der Waals surface area contributed by atoms with Crippen LogP contribution >= 0.6 is 11.3 Å². The highest BCUT2D eigenvalue weighted by atomic mass is 32.1. The molecule has 1 aliphatic rings. The van der Waals surface area contributed by atoms with E-state index >= 15 is 0 Å². The summed E-state index contributed by atoms with van der Waals surface area (Å²) >= 11 is 1.35. The van der Waals surface area contributed by atoms with E-state index in [1.807, 2.05) is 6.07 Å². The Morgan fingerprint density at radius 1 is 1.47 bits per heavy atom. The van der Waals surface area contributed by atoms with Crippen LogP contribution in [0.3, 0.4) is 0 Å². The summed E-state index contributed by atoms with van der Waals surface area (Å²) < 4.78 is 0. The lowest BCUT2D eigenvalue weighted by atomic mass is 9.92. The maximum Gasteiger partial charge on any atom is 0.261 e. The molecule has 0 aliphatic heterocycles. The van der Waals surface area contributed by atoms with Crippen LogP contribution in [-0.2, 0) is 0 Å². The third-order valence-corrected chi connectivity index (χ3v) is 4.19. The molecule has 1 aromatic rings. The Morgan fingerprint density at radius 3 is 3.00 bits per heavy atom. The Labute approximate surface area is 117 Å². The Kier molecular flexibility index (Phi) is 4.97. The smallest absolute Gasteiger partial charge is 0.261 e. The molecule has 0 saturated heterocycles. The number of nitrogens with two attached hydrogens (primary N) is 1. The molecule has 0 aromatic carbocycles. The first-order valence-electron chi connectivity index (χ1n) is 6.48. The Balaban J connectivity index is 1.97. The maximum absolute atomic E-state index is 12.1. The van der Waals surface area contributed by atoms with Crippen LogP contribution in [0.4, 0.5) is 0 Å². The lowest BCUT2D eigenvalue weighted by Crippen LogP contribution is -2.44. The summed E-state index contributed by atoms with van der Waals surface area (Å²) in [5.41, 5.74) is 5.31. The van der Waals surface area contributed by atoms with Crippen molar-refractivity contribution in [3.8, 4) is 11.8 Å². The number of hydrogen-bond donors (Lipinski definition) is 3. The van der Waals surface area contributed by atoms with Crippen molar-refractivity contribution in [2.45, 2.75) is 37.8 Å². The summed E-state index contributed by atoms with van der Waals surface area (Å²) in [4.78, 5) is 13.5. The molecule has 102 valence electrons. The molecule has 2 atom stereocenters. The number of rotatable bonds is 2. The highest BCUT2D eigenvalue weighted by Crippen LogP contribution is 2.20. The first-order chi connectivity index (χ1) is 9.20. The molecule has 1 amide bonds. The molecule has 1 saturated carbocycles. The van der Waals surface area contributed by atoms with Crippen molar-refractivity contribution in [2.75, 3.05) is 6.54 Å². The zero-order valence-electron chi connectivity index (χ0n) is 10.7. The SMILES string of the molecule is NCC#Cc1ccc(C(=O)NC2CCCCC2O)s1. The van der Waals surface area contributed by atoms with E-state index in [0.29, 0.717) is 11.4 Å². The van der Waals surface area contributed by atoms with Gasteiger partial charge in [0.05, 0.1) is 28.4 Å². The topological polar surface area (TPSA) is 75.4 Å². The fourth-order valence-corrected chi connectivity index (χ4v) is 2.97. The summed E-state index contributed by atoms with van der Waals surface area (Å²) in [7, 11) is 0. The zero-order chi connectivity index (χ0) is 13.7. The van der Waals surface area contributed by atoms with Gasteiger partial charge in [0, 0.05) is 0 Å². The predicted octanol–water partition coefficient (Wildman–Crippen LogP) is 1.09. The van der Waals surface area contributed by atoms with Crippen molar-refractivity contribution < 1.29 is 9.90 Å². The molecule has 2 unspecified atom stereocenters. The van der Waals surface area contributed by atoms with Gasteiger partial charge in [0.1, 0.15) is 0 Å². The van der Waals surface area contributed by atoms with Crippen LogP contribution in [0.1, 0.15) is 40.2 Å². The van der Waals surface area contributed by atoms with Gasteiger partial charge < -0.3 is 16.2 Å². The molecule has 5 heteroatoms. The van der Waals surface area contributed by atoms with Crippen molar-refractivity contribution in [3.63, 3.8) is 0 Å². The molecule has 1 fully saturated rings. The highest BCUT2D eigenvalue weighted by molar-refractivity contribution is 7.14. The first kappa shape index (κ1) is 14.1. The quantitative estimate of drug-likeness (QED) is 0.709. The molecule has 0 radical (unpaired) electrons. The molecule has 4 N–H and O–H groups in total. The van der Waals surface area contributed by atoms with Crippen molar-refractivity contribution in [1.29, 1.82) is 0 Å². The monoisotopic (exact) mass is 278 g/mol. The van der Waals surface area contributed by atoms with E-state index in [1.54, 1.807) is 6.07 Å². The van der Waals surface area contributed by atoms with Gasteiger partial charge in [-0.15, -0.1) is 11.3 Å². The number of hydrogen-bond acceptors (Lipinski definition) is 4. The average molecular weight is 278 g/mol. The van der Waals surface area contributed by atoms with Crippen molar-refractivity contribution in [3.05, 3.63) is 21.9 Å². The minimum absolute atomic E-state index is 0.123. The second-order valence-corrected chi connectivity index (χ2v) is 5.69. The van der Waals surface area contributed by atoms with Crippen LogP contribution in [0.25, 0.3) is 0 Å². The Hall–Kier alpha value is -1.35. The number of aliphatic hydroxyl groups is 1. The summed E-state index contributed by atoms with van der Waals surface area (Å²) in [6.45, 7) is 0.313. The van der Waals surface area contributed by atoms with E-state index in [2.05, 4.69) is 17.2 Å². The van der Waals surface area contributed by atoms with E-state index in [0.717, 1.165) is 30.6 Å². The van der Waals surface area contributed by atoms with Crippen molar-refractivity contribution in [1.82, 2.24) is 5.32 Å². The molecule has 4 nitrogen and oxygen atoms in total. The molecule has 1 heterocycles. The van der Waals surface area contributed by atoms with E-state index < -0.39 is 6.10 Å². The van der Waals surface area contributed by atoms with E-state index in [-0.39, 0.29) is 11.9 Å². The fraction of sp³-hybridized carbons (Fsp3) is 0.500. The van der Waals surface area contributed by atoms with Gasteiger partial charge in [-0.2, -0.15) is 0 Å². The van der Waals surface area contributed by atoms with Crippen LogP contribution in [0.2, 0.25) is 0 Å². The van der Waals surface area contributed by atoms with Gasteiger partial charge in [-0.05, 0) is 25.0 Å². The lowest BCUT2D eigenvalue weighted by molar-refractivity contribution is 0.0720. The van der Waals surface area contributed by atoms with E-state index in [9.17, 15) is 9.90 Å². The van der Waals surface area contributed by atoms with Gasteiger partial charge in [-0.25, -0.2) is 0 Å². The summed E-state index contributed by atoms with van der Waals surface area (Å²) in [5.74, 6) is 5.54. The Morgan fingerprint density at radius 2 is 2.26 bits per heavy atom. The molecule has 2 rings (SSSR count). The van der Waals surface area contributed by atoms with Crippen LogP contribution in [0.5, 0.6) is 0 Å². The van der Waals surface area contributed by atoms with Gasteiger partial charge in [-0.1, -0.05) is 24.7 Å². The first-order valence-corrected chi connectivity index (χ1v) is 7.30. The third-order valence-electron chi connectivity index (χ3n) is 3.19. The van der Waals surface area contributed by atoms with E-state index in [1.165, 1.54) is 11.3 Å². The fourth-order valence-electron chi connectivity index (χ4n) is 2.18. The second-order valence-electron chi connectivity index (χ2n) is 4.60. The number of carbonyl (C=O) groups excluding carboxylic acids is 1. The van der Waals surface area contributed by atoms with Crippen LogP contribution in [-0.4, -0.2) is 29.7 Å². The van der Waals surface area contributed by atoms with Gasteiger partial charge >= 0.3 is 0 Å². The standard InChI is InChI=1S/C14H18N2O2S/c15-9-3-4-10-7-8-13(19-10)14(18)16-11-5-1-2-6-12(11)17/h7-8,11-12,17H,1-2,5-6,9,15H2,(H,16,18). The number of carbonyl (C=O) groups is 1. The average Bonchev–Trinajstić information content (AvgIpc) is 2.88. The molecular formula is C14H18N2O2S. The molecule has 1 aliphatic carbocycles.